The molecule has 13 heteroatoms. The first-order chi connectivity index (χ1) is 18.7. The molecule has 0 aliphatic carbocycles. The molecule has 1 N–H and O–H groups in total. The van der Waals surface area contributed by atoms with Crippen molar-refractivity contribution >= 4 is 29.0 Å². The van der Waals surface area contributed by atoms with Crippen LogP contribution in [0.1, 0.15) is 30.5 Å². The number of imide groups is 1. The van der Waals surface area contributed by atoms with Gasteiger partial charge in [0, 0.05) is 17.4 Å². The maximum atomic E-state index is 13.5. The SMILES string of the molecule is CC1(C)C(=O)N(c2ccc(C#N)c(C(F)(F)F)c2)C(=O)N1Cc1ccccc1Nc1ccc2c(c1)OC(F)(F)O2. The van der Waals surface area contributed by atoms with Crippen LogP contribution in [0.5, 0.6) is 11.5 Å². The summed E-state index contributed by atoms with van der Waals surface area (Å²) in [5.74, 6) is -1.06. The number of nitriles is 1. The minimum Gasteiger partial charge on any atom is -0.395 e. The van der Waals surface area contributed by atoms with Gasteiger partial charge in [0.25, 0.3) is 5.91 Å². The van der Waals surface area contributed by atoms with E-state index in [0.717, 1.165) is 12.1 Å². The first kappa shape index (κ1) is 26.7. The fourth-order valence-electron chi connectivity index (χ4n) is 4.46. The Morgan fingerprint density at radius 1 is 0.975 bits per heavy atom. The van der Waals surface area contributed by atoms with E-state index in [0.29, 0.717) is 27.9 Å². The molecule has 0 saturated carbocycles. The number of carbonyl (C=O) groups is 2. The van der Waals surface area contributed by atoms with Crippen molar-refractivity contribution in [2.24, 2.45) is 0 Å². The van der Waals surface area contributed by atoms with Crippen LogP contribution in [-0.4, -0.2) is 28.7 Å². The molecule has 0 atom stereocenters. The minimum absolute atomic E-state index is 0.123. The molecule has 206 valence electrons. The van der Waals surface area contributed by atoms with Crippen molar-refractivity contribution in [3.8, 4) is 17.6 Å². The highest BCUT2D eigenvalue weighted by Gasteiger charge is 2.52. The van der Waals surface area contributed by atoms with E-state index in [1.165, 1.54) is 43.0 Å². The lowest BCUT2D eigenvalue weighted by atomic mass is 10.0. The maximum Gasteiger partial charge on any atom is 0.586 e. The Hall–Kier alpha value is -4.86. The van der Waals surface area contributed by atoms with Crippen LogP contribution < -0.4 is 19.7 Å². The average Bonchev–Trinajstić information content (AvgIpc) is 3.28. The van der Waals surface area contributed by atoms with E-state index in [4.69, 9.17) is 5.26 Å². The molecule has 5 rings (SSSR count). The van der Waals surface area contributed by atoms with E-state index in [-0.39, 0.29) is 23.7 Å². The number of halogens is 5. The fraction of sp³-hybridized carbons (Fsp3) is 0.222. The largest absolute Gasteiger partial charge is 0.586 e. The van der Waals surface area contributed by atoms with Gasteiger partial charge in [-0.2, -0.15) is 18.4 Å². The number of nitrogens with one attached hydrogen (secondary N) is 1. The molecular formula is C27H19F5N4O4. The van der Waals surface area contributed by atoms with Gasteiger partial charge >= 0.3 is 18.5 Å². The molecule has 0 spiro atoms. The number of alkyl halides is 5. The molecular weight excluding hydrogens is 539 g/mol. The fourth-order valence-corrected chi connectivity index (χ4v) is 4.46. The van der Waals surface area contributed by atoms with E-state index in [2.05, 4.69) is 14.8 Å². The van der Waals surface area contributed by atoms with Gasteiger partial charge in [-0.25, -0.2) is 9.69 Å². The molecule has 0 unspecified atom stereocenters. The molecule has 3 amide bonds. The molecule has 1 saturated heterocycles. The summed E-state index contributed by atoms with van der Waals surface area (Å²) in [6.45, 7) is 2.81. The summed E-state index contributed by atoms with van der Waals surface area (Å²) in [4.78, 5) is 28.6. The van der Waals surface area contributed by atoms with E-state index >= 15 is 0 Å². The number of nitrogens with zero attached hydrogens (tertiary/aromatic N) is 3. The van der Waals surface area contributed by atoms with Crippen molar-refractivity contribution in [2.45, 2.75) is 38.4 Å². The van der Waals surface area contributed by atoms with E-state index in [9.17, 15) is 31.5 Å². The Morgan fingerprint density at radius 3 is 2.38 bits per heavy atom. The van der Waals surface area contributed by atoms with Crippen molar-refractivity contribution in [1.29, 1.82) is 5.26 Å². The van der Waals surface area contributed by atoms with Crippen LogP contribution in [0, 0.1) is 11.3 Å². The highest BCUT2D eigenvalue weighted by atomic mass is 19.4. The number of carbonyl (C=O) groups excluding carboxylic acids is 2. The summed E-state index contributed by atoms with van der Waals surface area (Å²) in [7, 11) is 0. The summed E-state index contributed by atoms with van der Waals surface area (Å²) >= 11 is 0. The van der Waals surface area contributed by atoms with Crippen LogP contribution in [-0.2, 0) is 17.5 Å². The van der Waals surface area contributed by atoms with Crippen LogP contribution >= 0.6 is 0 Å². The van der Waals surface area contributed by atoms with Crippen LogP contribution in [0.2, 0.25) is 0 Å². The molecule has 0 bridgehead atoms. The van der Waals surface area contributed by atoms with E-state index in [1.54, 1.807) is 24.3 Å². The number of hydrogen-bond acceptors (Lipinski definition) is 6. The van der Waals surface area contributed by atoms with Crippen molar-refractivity contribution in [3.63, 3.8) is 0 Å². The maximum absolute atomic E-state index is 13.5. The molecule has 2 aliphatic rings. The van der Waals surface area contributed by atoms with Gasteiger partial charge in [-0.05, 0) is 55.8 Å². The average molecular weight is 558 g/mol. The highest BCUT2D eigenvalue weighted by molar-refractivity contribution is 6.23. The van der Waals surface area contributed by atoms with Crippen LogP contribution in [0.25, 0.3) is 0 Å². The second-order valence-electron chi connectivity index (χ2n) is 9.52. The zero-order chi connectivity index (χ0) is 29.0. The third kappa shape index (κ3) is 4.61. The molecule has 0 radical (unpaired) electrons. The first-order valence-electron chi connectivity index (χ1n) is 11.7. The normalized spacial score (nSPS) is 17.2. The molecule has 0 aromatic heterocycles. The lowest BCUT2D eigenvalue weighted by Gasteiger charge is -2.28. The van der Waals surface area contributed by atoms with Crippen LogP contribution in [0.15, 0.2) is 60.7 Å². The Labute approximate surface area is 224 Å². The molecule has 2 aliphatic heterocycles. The van der Waals surface area contributed by atoms with Gasteiger partial charge in [-0.1, -0.05) is 18.2 Å². The third-order valence-corrected chi connectivity index (χ3v) is 6.54. The zero-order valence-electron chi connectivity index (χ0n) is 20.8. The Kier molecular flexibility index (Phi) is 6.09. The minimum atomic E-state index is -4.88. The van der Waals surface area contributed by atoms with Crippen LogP contribution in [0.4, 0.5) is 43.8 Å². The lowest BCUT2D eigenvalue weighted by molar-refractivity contribution is -0.286. The predicted octanol–water partition coefficient (Wildman–Crippen LogP) is 6.39. The number of hydrogen-bond donors (Lipinski definition) is 1. The van der Waals surface area contributed by atoms with Gasteiger partial charge in [0.1, 0.15) is 5.54 Å². The standard InChI is InChI=1S/C27H19F5N4O4/c1-25(2)23(37)36(18-9-7-15(13-33)19(12-18)26(28,29)30)24(38)35(25)14-16-5-3-4-6-20(16)34-17-8-10-21-22(11-17)40-27(31,32)39-21/h3-12,34H,14H2,1-2H3. The quantitative estimate of drug-likeness (QED) is 0.288. The number of fused-ring (bicyclic) bond motifs is 1. The summed E-state index contributed by atoms with van der Waals surface area (Å²) in [6, 6.07) is 14.1. The number of anilines is 3. The Morgan fingerprint density at radius 2 is 1.68 bits per heavy atom. The van der Waals surface area contributed by atoms with Crippen molar-refractivity contribution in [2.75, 3.05) is 10.2 Å². The van der Waals surface area contributed by atoms with Gasteiger partial charge in [0.05, 0.1) is 29.4 Å². The second-order valence-corrected chi connectivity index (χ2v) is 9.52. The smallest absolute Gasteiger partial charge is 0.395 e. The Bertz CT molecular complexity index is 1580. The number of urea groups is 1. The number of para-hydroxylation sites is 1. The monoisotopic (exact) mass is 558 g/mol. The van der Waals surface area contributed by atoms with E-state index < -0.39 is 41.1 Å². The summed E-state index contributed by atoms with van der Waals surface area (Å²) in [6.07, 6.45) is -8.66. The molecule has 1 fully saturated rings. The molecule has 40 heavy (non-hydrogen) atoms. The zero-order valence-corrected chi connectivity index (χ0v) is 20.8. The summed E-state index contributed by atoms with van der Waals surface area (Å²) < 4.78 is 76.3. The van der Waals surface area contributed by atoms with Crippen LogP contribution in [0.3, 0.4) is 0 Å². The predicted molar refractivity (Wildman–Crippen MR) is 131 cm³/mol. The highest BCUT2D eigenvalue weighted by Crippen LogP contribution is 2.43. The number of ether oxygens (including phenoxy) is 2. The van der Waals surface area contributed by atoms with Gasteiger partial charge in [-0.3, -0.25) is 4.79 Å². The summed E-state index contributed by atoms with van der Waals surface area (Å²) in [5, 5.41) is 12.1. The van der Waals surface area contributed by atoms with E-state index in [1.807, 2.05) is 0 Å². The third-order valence-electron chi connectivity index (χ3n) is 6.54. The molecule has 2 heterocycles. The molecule has 3 aromatic carbocycles. The topological polar surface area (TPSA) is 94.9 Å². The van der Waals surface area contributed by atoms with Crippen molar-refractivity contribution in [3.05, 3.63) is 77.4 Å². The van der Waals surface area contributed by atoms with Gasteiger partial charge in [-0.15, -0.1) is 8.78 Å². The first-order valence-corrected chi connectivity index (χ1v) is 11.7. The number of benzene rings is 3. The Balaban J connectivity index is 1.44. The van der Waals surface area contributed by atoms with Gasteiger partial charge < -0.3 is 19.7 Å². The molecule has 3 aromatic rings. The number of amides is 3. The van der Waals surface area contributed by atoms with Crippen molar-refractivity contribution < 1.29 is 41.0 Å². The van der Waals surface area contributed by atoms with Gasteiger partial charge in [0.2, 0.25) is 0 Å². The van der Waals surface area contributed by atoms with Crippen molar-refractivity contribution in [1.82, 2.24) is 4.90 Å². The number of rotatable bonds is 5. The lowest BCUT2D eigenvalue weighted by Crippen LogP contribution is -2.43. The van der Waals surface area contributed by atoms with Gasteiger partial charge in [0.15, 0.2) is 11.5 Å². The molecule has 8 nitrogen and oxygen atoms in total. The second kappa shape index (κ2) is 9.11. The summed E-state index contributed by atoms with van der Waals surface area (Å²) in [5.41, 5.74) is -2.30.